The molecule has 0 spiro atoms. The molecular weight excluding hydrogens is 376 g/mol. The number of nitrogens with zero attached hydrogens (tertiary/aromatic N) is 2. The zero-order valence-corrected chi connectivity index (χ0v) is 16.7. The van der Waals surface area contributed by atoms with Gasteiger partial charge in [-0.25, -0.2) is 0 Å². The molecule has 2 amide bonds. The summed E-state index contributed by atoms with van der Waals surface area (Å²) < 4.78 is 7.11. The molecule has 7 heteroatoms. The van der Waals surface area contributed by atoms with Gasteiger partial charge in [0.1, 0.15) is 12.1 Å². The average Bonchev–Trinajstić information content (AvgIpc) is 3.07. The van der Waals surface area contributed by atoms with Crippen molar-refractivity contribution in [2.75, 3.05) is 6.54 Å². The lowest BCUT2D eigenvalue weighted by atomic mass is 10.1. The lowest BCUT2D eigenvalue weighted by Crippen LogP contribution is -2.37. The number of thioether (sulfide) groups is 1. The largest absolute Gasteiger partial charge is 0.459 e. The van der Waals surface area contributed by atoms with Crippen LogP contribution in [-0.2, 0) is 20.9 Å². The molecule has 28 heavy (non-hydrogen) atoms. The highest BCUT2D eigenvalue weighted by Crippen LogP contribution is 2.34. The maximum Gasteiger partial charge on any atom is 0.326 e. The molecule has 1 aromatic carbocycles. The van der Waals surface area contributed by atoms with Gasteiger partial charge in [0.2, 0.25) is 0 Å². The van der Waals surface area contributed by atoms with Gasteiger partial charge in [-0.05, 0) is 44.7 Å². The van der Waals surface area contributed by atoms with Crippen molar-refractivity contribution in [2.45, 2.75) is 32.9 Å². The predicted molar refractivity (Wildman–Crippen MR) is 109 cm³/mol. The van der Waals surface area contributed by atoms with Crippen molar-refractivity contribution in [3.63, 3.8) is 0 Å². The standard InChI is InChI=1S/C21H20N2O4S/c1-5-10-22-12-14(15-8-6-7-9-16(15)22)11-17-19(25)23(20(26)28-17)13-18(24)27-21(2,3)4/h1,6-9,11-12H,10,13H2,2-4H3/b17-11+. The molecule has 0 radical (unpaired) electrons. The molecule has 1 aromatic heterocycles. The van der Waals surface area contributed by atoms with Crippen LogP contribution < -0.4 is 0 Å². The Kier molecular flexibility index (Phi) is 5.34. The summed E-state index contributed by atoms with van der Waals surface area (Å²) in [7, 11) is 0. The Bertz CT molecular complexity index is 1040. The van der Waals surface area contributed by atoms with Crippen molar-refractivity contribution in [1.29, 1.82) is 0 Å². The van der Waals surface area contributed by atoms with E-state index in [0.29, 0.717) is 6.54 Å². The number of esters is 1. The molecule has 0 bridgehead atoms. The number of aromatic nitrogens is 1. The van der Waals surface area contributed by atoms with Crippen LogP contribution in [0.15, 0.2) is 35.4 Å². The maximum absolute atomic E-state index is 12.7. The first kappa shape index (κ1) is 19.8. The zero-order chi connectivity index (χ0) is 20.5. The molecule has 0 saturated carbocycles. The number of imide groups is 1. The van der Waals surface area contributed by atoms with Gasteiger partial charge < -0.3 is 9.30 Å². The summed E-state index contributed by atoms with van der Waals surface area (Å²) in [6, 6.07) is 7.68. The molecule has 0 N–H and O–H groups in total. The summed E-state index contributed by atoms with van der Waals surface area (Å²) in [5, 5.41) is 0.436. The monoisotopic (exact) mass is 396 g/mol. The minimum Gasteiger partial charge on any atom is -0.459 e. The number of carbonyl (C=O) groups excluding carboxylic acids is 3. The smallest absolute Gasteiger partial charge is 0.326 e. The first-order valence-corrected chi connectivity index (χ1v) is 9.50. The summed E-state index contributed by atoms with van der Waals surface area (Å²) in [5.74, 6) is 1.47. The Morgan fingerprint density at radius 3 is 2.68 bits per heavy atom. The summed E-state index contributed by atoms with van der Waals surface area (Å²) >= 11 is 0.809. The fourth-order valence-corrected chi connectivity index (χ4v) is 3.73. The molecule has 1 aliphatic rings. The van der Waals surface area contributed by atoms with Crippen LogP contribution in [0.5, 0.6) is 0 Å². The number of fused-ring (bicyclic) bond motifs is 1. The van der Waals surface area contributed by atoms with E-state index >= 15 is 0 Å². The number of amides is 2. The fraction of sp³-hybridized carbons (Fsp3) is 0.286. The van der Waals surface area contributed by atoms with Crippen LogP contribution in [0.2, 0.25) is 0 Å². The molecule has 1 fully saturated rings. The summed E-state index contributed by atoms with van der Waals surface area (Å²) in [6.45, 7) is 5.17. The third-order valence-corrected chi connectivity index (χ3v) is 4.86. The normalized spacial score (nSPS) is 16.1. The summed E-state index contributed by atoms with van der Waals surface area (Å²) in [4.78, 5) is 38.1. The molecule has 3 rings (SSSR count). The fourth-order valence-electron chi connectivity index (χ4n) is 2.90. The first-order chi connectivity index (χ1) is 13.2. The molecule has 2 aromatic rings. The number of para-hydroxylation sites is 1. The van der Waals surface area contributed by atoms with E-state index in [4.69, 9.17) is 11.2 Å². The van der Waals surface area contributed by atoms with E-state index in [0.717, 1.165) is 33.1 Å². The first-order valence-electron chi connectivity index (χ1n) is 8.68. The number of hydrogen-bond acceptors (Lipinski definition) is 5. The average molecular weight is 396 g/mol. The minimum atomic E-state index is -0.687. The Morgan fingerprint density at radius 2 is 2.00 bits per heavy atom. The molecule has 1 aliphatic heterocycles. The van der Waals surface area contributed by atoms with Crippen molar-refractivity contribution in [3.05, 3.63) is 40.9 Å². The van der Waals surface area contributed by atoms with Crippen LogP contribution in [0.1, 0.15) is 26.3 Å². The van der Waals surface area contributed by atoms with E-state index in [1.807, 2.05) is 35.0 Å². The van der Waals surface area contributed by atoms with E-state index in [2.05, 4.69) is 5.92 Å². The van der Waals surface area contributed by atoms with Crippen LogP contribution in [0, 0.1) is 12.3 Å². The number of hydrogen-bond donors (Lipinski definition) is 0. The summed E-state index contributed by atoms with van der Waals surface area (Å²) in [6.07, 6.45) is 8.95. The van der Waals surface area contributed by atoms with E-state index < -0.39 is 29.3 Å². The van der Waals surface area contributed by atoms with Crippen molar-refractivity contribution in [1.82, 2.24) is 9.47 Å². The second kappa shape index (κ2) is 7.56. The lowest BCUT2D eigenvalue weighted by Gasteiger charge is -2.21. The van der Waals surface area contributed by atoms with Crippen LogP contribution in [0.25, 0.3) is 17.0 Å². The quantitative estimate of drug-likeness (QED) is 0.448. The SMILES string of the molecule is C#CCn1cc(/C=C2/SC(=O)N(CC(=O)OC(C)(C)C)C2=O)c2ccccc21. The van der Waals surface area contributed by atoms with Crippen LogP contribution in [-0.4, -0.2) is 38.7 Å². The van der Waals surface area contributed by atoms with E-state index in [1.54, 1.807) is 26.8 Å². The Morgan fingerprint density at radius 1 is 1.29 bits per heavy atom. The van der Waals surface area contributed by atoms with Crippen molar-refractivity contribution < 1.29 is 19.1 Å². The molecular formula is C21H20N2O4S. The van der Waals surface area contributed by atoms with Crippen LogP contribution in [0.3, 0.4) is 0 Å². The topological polar surface area (TPSA) is 68.6 Å². The molecule has 0 unspecified atom stereocenters. The minimum absolute atomic E-state index is 0.261. The third-order valence-electron chi connectivity index (χ3n) is 3.95. The van der Waals surface area contributed by atoms with Gasteiger partial charge in [0, 0.05) is 22.7 Å². The second-order valence-corrected chi connectivity index (χ2v) is 8.28. The van der Waals surface area contributed by atoms with Gasteiger partial charge >= 0.3 is 5.97 Å². The number of rotatable bonds is 4. The third kappa shape index (κ3) is 4.12. The van der Waals surface area contributed by atoms with Crippen LogP contribution >= 0.6 is 11.8 Å². The Hall–Kier alpha value is -2.98. The van der Waals surface area contributed by atoms with Gasteiger partial charge in [-0.2, -0.15) is 0 Å². The van der Waals surface area contributed by atoms with Gasteiger partial charge in [0.25, 0.3) is 11.1 Å². The number of terminal acetylenes is 1. The van der Waals surface area contributed by atoms with E-state index in [-0.39, 0.29) is 4.91 Å². The number of benzene rings is 1. The maximum atomic E-state index is 12.7. The van der Waals surface area contributed by atoms with Gasteiger partial charge in [-0.1, -0.05) is 24.1 Å². The van der Waals surface area contributed by atoms with Crippen molar-refractivity contribution >= 4 is 45.9 Å². The lowest BCUT2D eigenvalue weighted by molar-refractivity contribution is -0.156. The molecule has 0 atom stereocenters. The summed E-state index contributed by atoms with van der Waals surface area (Å²) in [5.41, 5.74) is 1.04. The Balaban J connectivity index is 1.87. The molecule has 144 valence electrons. The predicted octanol–water partition coefficient (Wildman–Crippen LogP) is 3.65. The van der Waals surface area contributed by atoms with E-state index in [1.165, 1.54) is 0 Å². The van der Waals surface area contributed by atoms with Gasteiger partial charge in [-0.15, -0.1) is 6.42 Å². The van der Waals surface area contributed by atoms with Gasteiger partial charge in [0.05, 0.1) is 11.4 Å². The van der Waals surface area contributed by atoms with Crippen LogP contribution in [0.4, 0.5) is 4.79 Å². The number of ether oxygens (including phenoxy) is 1. The molecule has 1 saturated heterocycles. The van der Waals surface area contributed by atoms with Gasteiger partial charge in [-0.3, -0.25) is 19.3 Å². The molecule has 2 heterocycles. The highest BCUT2D eigenvalue weighted by Gasteiger charge is 2.37. The van der Waals surface area contributed by atoms with Crippen molar-refractivity contribution in [2.24, 2.45) is 0 Å². The van der Waals surface area contributed by atoms with Crippen molar-refractivity contribution in [3.8, 4) is 12.3 Å². The highest BCUT2D eigenvalue weighted by molar-refractivity contribution is 8.18. The number of carbonyl (C=O) groups is 3. The van der Waals surface area contributed by atoms with Gasteiger partial charge in [0.15, 0.2) is 0 Å². The highest BCUT2D eigenvalue weighted by atomic mass is 32.2. The Labute approximate surface area is 167 Å². The molecule has 0 aliphatic carbocycles. The van der Waals surface area contributed by atoms with E-state index in [9.17, 15) is 14.4 Å². The second-order valence-electron chi connectivity index (χ2n) is 7.29. The zero-order valence-electron chi connectivity index (χ0n) is 15.9. The molecule has 6 nitrogen and oxygen atoms in total.